The van der Waals surface area contributed by atoms with Crippen LogP contribution in [0.3, 0.4) is 0 Å². The molecule has 1 N–H and O–H groups in total. The molecule has 2 saturated heterocycles. The van der Waals surface area contributed by atoms with Crippen molar-refractivity contribution in [1.29, 1.82) is 0 Å². The van der Waals surface area contributed by atoms with E-state index in [1.54, 1.807) is 0 Å². The molecule has 0 spiro atoms. The summed E-state index contributed by atoms with van der Waals surface area (Å²) >= 11 is 5.92. The van der Waals surface area contributed by atoms with Crippen molar-refractivity contribution in [3.05, 3.63) is 34.9 Å². The molecular weight excluding hydrogens is 214 g/mol. The summed E-state index contributed by atoms with van der Waals surface area (Å²) in [5.41, 5.74) is 0.997. The van der Waals surface area contributed by atoms with Crippen LogP contribution in [0.1, 0.15) is 11.9 Å². The Balaban J connectivity index is 1.79. The number of fused-ring (bicyclic) bond motifs is 1. The molecule has 0 saturated carbocycles. The van der Waals surface area contributed by atoms with Gasteiger partial charge in [-0.3, -0.25) is 0 Å². The van der Waals surface area contributed by atoms with E-state index in [0.29, 0.717) is 0 Å². The van der Waals surface area contributed by atoms with Gasteiger partial charge in [-0.2, -0.15) is 0 Å². The highest BCUT2D eigenvalue weighted by molar-refractivity contribution is 6.30. The first-order valence-electron chi connectivity index (χ1n) is 5.10. The lowest BCUT2D eigenvalue weighted by Gasteiger charge is -2.12. The Hall–Kier alpha value is -0.610. The molecule has 80 valence electrons. The summed E-state index contributed by atoms with van der Waals surface area (Å²) in [7, 11) is 0. The molecule has 1 aromatic carbocycles. The van der Waals surface area contributed by atoms with E-state index >= 15 is 0 Å². The summed E-state index contributed by atoms with van der Waals surface area (Å²) in [5, 5.41) is 3.95. The maximum atomic E-state index is 5.92. The summed E-state index contributed by atoms with van der Waals surface area (Å²) in [5.74, 6) is 0. The normalized spacial score (nSPS) is 34.3. The maximum absolute atomic E-state index is 5.92. The summed E-state index contributed by atoms with van der Waals surface area (Å²) in [4.78, 5) is 0. The van der Waals surface area contributed by atoms with Crippen molar-refractivity contribution in [2.45, 2.75) is 18.5 Å². The lowest BCUT2D eigenvalue weighted by molar-refractivity contribution is -0.0728. The monoisotopic (exact) mass is 225 g/mol. The molecule has 0 radical (unpaired) electrons. The number of halogens is 1. The lowest BCUT2D eigenvalue weighted by atomic mass is 10.2. The fraction of sp³-hybridized carbons (Fsp3) is 0.455. The molecule has 2 heterocycles. The number of benzene rings is 1. The predicted molar refractivity (Wildman–Crippen MR) is 56.8 cm³/mol. The first-order valence-corrected chi connectivity index (χ1v) is 5.48. The van der Waals surface area contributed by atoms with Crippen molar-refractivity contribution in [2.75, 3.05) is 13.1 Å². The summed E-state index contributed by atoms with van der Waals surface area (Å²) in [6.45, 7) is 1.75. The Morgan fingerprint density at radius 2 is 1.93 bits per heavy atom. The van der Waals surface area contributed by atoms with Gasteiger partial charge in [0.2, 0.25) is 0 Å². The molecule has 15 heavy (non-hydrogen) atoms. The second kappa shape index (κ2) is 3.76. The molecule has 2 atom stereocenters. The molecule has 2 aliphatic rings. The van der Waals surface area contributed by atoms with Gasteiger partial charge in [0.15, 0.2) is 6.29 Å². The topological polar surface area (TPSA) is 30.5 Å². The third-order valence-electron chi connectivity index (χ3n) is 2.82. The second-order valence-electron chi connectivity index (χ2n) is 3.89. The van der Waals surface area contributed by atoms with Gasteiger partial charge in [-0.1, -0.05) is 23.7 Å². The summed E-state index contributed by atoms with van der Waals surface area (Å²) < 4.78 is 11.6. The van der Waals surface area contributed by atoms with Gasteiger partial charge < -0.3 is 14.8 Å². The standard InChI is InChI=1S/C11H12ClNO2/c12-8-3-1-2-7(4-8)11-14-9-5-13-6-10(9)15-11/h1-4,9-11,13H,5-6H2. The third kappa shape index (κ3) is 1.76. The second-order valence-corrected chi connectivity index (χ2v) is 4.33. The van der Waals surface area contributed by atoms with Crippen molar-refractivity contribution < 1.29 is 9.47 Å². The van der Waals surface area contributed by atoms with Gasteiger partial charge in [-0.25, -0.2) is 0 Å². The molecule has 0 aromatic heterocycles. The molecule has 1 aromatic rings. The van der Waals surface area contributed by atoms with Crippen molar-refractivity contribution in [3.8, 4) is 0 Å². The maximum Gasteiger partial charge on any atom is 0.184 e. The minimum Gasteiger partial charge on any atom is -0.341 e. The molecule has 2 fully saturated rings. The Bertz CT molecular complexity index is 359. The van der Waals surface area contributed by atoms with Crippen LogP contribution in [-0.4, -0.2) is 25.3 Å². The van der Waals surface area contributed by atoms with Crippen LogP contribution in [-0.2, 0) is 9.47 Å². The van der Waals surface area contributed by atoms with Crippen LogP contribution in [0.5, 0.6) is 0 Å². The van der Waals surface area contributed by atoms with Crippen LogP contribution in [0, 0.1) is 0 Å². The van der Waals surface area contributed by atoms with Gasteiger partial charge in [-0.05, 0) is 12.1 Å². The zero-order chi connectivity index (χ0) is 10.3. The number of nitrogens with one attached hydrogen (secondary N) is 1. The van der Waals surface area contributed by atoms with Gasteiger partial charge in [0, 0.05) is 23.7 Å². The van der Waals surface area contributed by atoms with Crippen LogP contribution >= 0.6 is 11.6 Å². The van der Waals surface area contributed by atoms with Crippen LogP contribution in [0.2, 0.25) is 5.02 Å². The number of rotatable bonds is 1. The van der Waals surface area contributed by atoms with Crippen LogP contribution < -0.4 is 5.32 Å². The highest BCUT2D eigenvalue weighted by Crippen LogP contribution is 2.33. The van der Waals surface area contributed by atoms with Crippen LogP contribution in [0.15, 0.2) is 24.3 Å². The van der Waals surface area contributed by atoms with E-state index in [4.69, 9.17) is 21.1 Å². The molecule has 0 aliphatic carbocycles. The molecule has 0 amide bonds. The molecular formula is C11H12ClNO2. The van der Waals surface area contributed by atoms with Gasteiger partial charge in [-0.15, -0.1) is 0 Å². The average molecular weight is 226 g/mol. The van der Waals surface area contributed by atoms with Gasteiger partial charge in [0.1, 0.15) is 12.2 Å². The first kappa shape index (κ1) is 9.60. The lowest BCUT2D eigenvalue weighted by Crippen LogP contribution is -2.18. The zero-order valence-corrected chi connectivity index (χ0v) is 8.91. The van der Waals surface area contributed by atoms with E-state index in [0.717, 1.165) is 23.7 Å². The average Bonchev–Trinajstić information content (AvgIpc) is 2.76. The highest BCUT2D eigenvalue weighted by Gasteiger charge is 2.39. The summed E-state index contributed by atoms with van der Waals surface area (Å²) in [6.07, 6.45) is 0.128. The Morgan fingerprint density at radius 1 is 1.20 bits per heavy atom. The molecule has 3 nitrogen and oxygen atoms in total. The predicted octanol–water partition coefficient (Wildman–Crippen LogP) is 1.73. The van der Waals surface area contributed by atoms with Crippen molar-refractivity contribution in [1.82, 2.24) is 5.32 Å². The largest absolute Gasteiger partial charge is 0.341 e. The van der Waals surface area contributed by atoms with Crippen molar-refractivity contribution in [2.24, 2.45) is 0 Å². The minimum atomic E-state index is -0.249. The first-order chi connectivity index (χ1) is 7.33. The van der Waals surface area contributed by atoms with E-state index in [9.17, 15) is 0 Å². The number of hydrogen-bond donors (Lipinski definition) is 1. The fourth-order valence-corrected chi connectivity index (χ4v) is 2.26. The SMILES string of the molecule is Clc1cccc(C2OC3CNCC3O2)c1. The van der Waals surface area contributed by atoms with E-state index in [2.05, 4.69) is 5.32 Å². The Kier molecular flexibility index (Phi) is 2.41. The Morgan fingerprint density at radius 3 is 2.60 bits per heavy atom. The number of ether oxygens (including phenoxy) is 2. The van der Waals surface area contributed by atoms with Crippen molar-refractivity contribution in [3.63, 3.8) is 0 Å². The number of hydrogen-bond acceptors (Lipinski definition) is 3. The van der Waals surface area contributed by atoms with E-state index < -0.39 is 0 Å². The molecule has 0 bridgehead atoms. The Labute approximate surface area is 93.3 Å². The van der Waals surface area contributed by atoms with Gasteiger partial charge in [0.05, 0.1) is 0 Å². The minimum absolute atomic E-state index is 0.189. The zero-order valence-electron chi connectivity index (χ0n) is 8.15. The van der Waals surface area contributed by atoms with Crippen molar-refractivity contribution >= 4 is 11.6 Å². The molecule has 2 aliphatic heterocycles. The fourth-order valence-electron chi connectivity index (χ4n) is 2.06. The summed E-state index contributed by atoms with van der Waals surface area (Å²) in [6, 6.07) is 7.63. The smallest absolute Gasteiger partial charge is 0.184 e. The van der Waals surface area contributed by atoms with E-state index in [-0.39, 0.29) is 18.5 Å². The van der Waals surface area contributed by atoms with Crippen LogP contribution in [0.4, 0.5) is 0 Å². The quantitative estimate of drug-likeness (QED) is 0.790. The van der Waals surface area contributed by atoms with Gasteiger partial charge >= 0.3 is 0 Å². The molecule has 4 heteroatoms. The van der Waals surface area contributed by atoms with E-state index in [1.165, 1.54) is 0 Å². The van der Waals surface area contributed by atoms with E-state index in [1.807, 2.05) is 24.3 Å². The van der Waals surface area contributed by atoms with Gasteiger partial charge in [0.25, 0.3) is 0 Å². The molecule has 2 unspecified atom stereocenters. The third-order valence-corrected chi connectivity index (χ3v) is 3.06. The highest BCUT2D eigenvalue weighted by atomic mass is 35.5. The van der Waals surface area contributed by atoms with Crippen LogP contribution in [0.25, 0.3) is 0 Å². The molecule has 3 rings (SSSR count).